The van der Waals surface area contributed by atoms with E-state index in [9.17, 15) is 4.79 Å². The second-order valence-corrected chi connectivity index (χ2v) is 8.59. The molecule has 8 heteroatoms. The van der Waals surface area contributed by atoms with Crippen molar-refractivity contribution in [2.75, 3.05) is 0 Å². The average molecular weight is 423 g/mol. The summed E-state index contributed by atoms with van der Waals surface area (Å²) in [4.78, 5) is 21.0. The van der Waals surface area contributed by atoms with Crippen LogP contribution in [0.15, 0.2) is 10.9 Å². The number of aromatic amines is 1. The molecule has 5 nitrogen and oxygen atoms in total. The Morgan fingerprint density at radius 1 is 1.04 bits per heavy atom. The minimum absolute atomic E-state index is 0.179. The van der Waals surface area contributed by atoms with Gasteiger partial charge in [-0.2, -0.15) is 0 Å². The van der Waals surface area contributed by atoms with E-state index in [1.807, 2.05) is 0 Å². The van der Waals surface area contributed by atoms with Crippen molar-refractivity contribution in [1.29, 1.82) is 0 Å². The van der Waals surface area contributed by atoms with Gasteiger partial charge in [0.25, 0.3) is 5.56 Å². The van der Waals surface area contributed by atoms with E-state index in [1.54, 1.807) is 9.36 Å². The van der Waals surface area contributed by atoms with E-state index in [4.69, 9.17) is 28.2 Å². The third kappa shape index (κ3) is 2.72. The van der Waals surface area contributed by atoms with Gasteiger partial charge in [-0.15, -0.1) is 0 Å². The molecule has 3 aromatic rings. The molecule has 0 radical (unpaired) electrons. The van der Waals surface area contributed by atoms with Gasteiger partial charge in [0, 0.05) is 19.0 Å². The number of hydrogen-bond donors (Lipinski definition) is 1. The summed E-state index contributed by atoms with van der Waals surface area (Å²) in [6.07, 6.45) is 7.53. The monoisotopic (exact) mass is 422 g/mol. The van der Waals surface area contributed by atoms with Crippen LogP contribution in [0.1, 0.15) is 56.7 Å². The van der Waals surface area contributed by atoms with Crippen LogP contribution >= 0.6 is 23.2 Å². The van der Waals surface area contributed by atoms with Gasteiger partial charge in [-0.1, -0.05) is 42.5 Å². The topological polar surface area (TPSA) is 55.6 Å². The van der Waals surface area contributed by atoms with Gasteiger partial charge in [-0.25, -0.2) is 14.1 Å². The maximum Gasteiger partial charge on any atom is 0.276 e. The first-order valence-electron chi connectivity index (χ1n) is 9.93. The highest BCUT2D eigenvalue weighted by molar-refractivity contribution is 6.36. The van der Waals surface area contributed by atoms with E-state index in [0.717, 1.165) is 44.3 Å². The van der Waals surface area contributed by atoms with E-state index in [2.05, 4.69) is 4.98 Å². The number of nitrogens with one attached hydrogen (secondary N) is 1. The Morgan fingerprint density at radius 3 is 2.46 bits per heavy atom. The van der Waals surface area contributed by atoms with Crippen LogP contribution < -0.4 is 5.56 Å². The predicted molar refractivity (Wildman–Crippen MR) is 109 cm³/mol. The summed E-state index contributed by atoms with van der Waals surface area (Å²) in [5.41, 5.74) is 1.08. The van der Waals surface area contributed by atoms with Crippen LogP contribution in [-0.4, -0.2) is 19.3 Å². The predicted octanol–water partition coefficient (Wildman–Crippen LogP) is 5.48. The highest BCUT2D eigenvalue weighted by Crippen LogP contribution is 2.39. The third-order valence-corrected chi connectivity index (χ3v) is 6.77. The highest BCUT2D eigenvalue weighted by atomic mass is 35.5. The second kappa shape index (κ2) is 6.92. The molecule has 5 rings (SSSR count). The summed E-state index contributed by atoms with van der Waals surface area (Å²) >= 11 is 12.9. The number of nitrogens with zero attached hydrogens (tertiary/aromatic N) is 3. The first-order valence-corrected chi connectivity index (χ1v) is 10.7. The summed E-state index contributed by atoms with van der Waals surface area (Å²) < 4.78 is 18.5. The maximum atomic E-state index is 15.1. The quantitative estimate of drug-likeness (QED) is 0.594. The summed E-state index contributed by atoms with van der Waals surface area (Å²) in [7, 11) is 0. The highest BCUT2D eigenvalue weighted by Gasteiger charge is 2.28. The van der Waals surface area contributed by atoms with Crippen LogP contribution in [0.5, 0.6) is 0 Å². The fourth-order valence-corrected chi connectivity index (χ4v) is 5.25. The molecule has 0 bridgehead atoms. The third-order valence-electron chi connectivity index (χ3n) is 6.09. The SMILES string of the molecule is O=c1c(-c2c(F)cc(Cl)c3nc(C4CCCCC4)[nH]c23)c(Cl)n2n1CCCC2. The fourth-order valence-electron chi connectivity index (χ4n) is 4.67. The summed E-state index contributed by atoms with van der Waals surface area (Å²) in [6, 6.07) is 1.24. The summed E-state index contributed by atoms with van der Waals surface area (Å²) in [5.74, 6) is 0.578. The van der Waals surface area contributed by atoms with Gasteiger partial charge < -0.3 is 4.98 Å². The maximum absolute atomic E-state index is 15.1. The Morgan fingerprint density at radius 2 is 1.75 bits per heavy atom. The number of fused-ring (bicyclic) bond motifs is 2. The average Bonchev–Trinajstić information content (AvgIpc) is 3.25. The number of benzene rings is 1. The number of rotatable bonds is 2. The fraction of sp³-hybridized carbons (Fsp3) is 0.500. The molecule has 3 heterocycles. The Hall–Kier alpha value is -1.79. The lowest BCUT2D eigenvalue weighted by molar-refractivity contribution is 0.356. The molecule has 0 spiro atoms. The number of aromatic nitrogens is 4. The van der Waals surface area contributed by atoms with E-state index >= 15 is 4.39 Å². The lowest BCUT2D eigenvalue weighted by atomic mass is 9.89. The van der Waals surface area contributed by atoms with Crippen molar-refractivity contribution < 1.29 is 4.39 Å². The number of H-pyrrole nitrogens is 1. The molecule has 0 atom stereocenters. The van der Waals surface area contributed by atoms with Crippen LogP contribution in [0.25, 0.3) is 22.2 Å². The van der Waals surface area contributed by atoms with Crippen molar-refractivity contribution >= 4 is 34.2 Å². The van der Waals surface area contributed by atoms with Gasteiger partial charge in [0.15, 0.2) is 0 Å². The van der Waals surface area contributed by atoms with E-state index in [1.165, 1.54) is 12.5 Å². The van der Waals surface area contributed by atoms with Crippen LogP contribution in [0.3, 0.4) is 0 Å². The Balaban J connectivity index is 1.75. The standard InChI is InChI=1S/C20H21Cl2FN4O/c21-12-10-13(23)14(15-18(22)26-8-4-5-9-27(26)20(15)28)17-16(12)24-19(25-17)11-6-2-1-3-7-11/h10-11H,1-9H2,(H,24,25). The molecule has 1 N–H and O–H groups in total. The van der Waals surface area contributed by atoms with Crippen molar-refractivity contribution in [3.63, 3.8) is 0 Å². The van der Waals surface area contributed by atoms with Crippen LogP contribution in [0, 0.1) is 5.82 Å². The summed E-state index contributed by atoms with van der Waals surface area (Å²) in [6.45, 7) is 1.25. The zero-order chi connectivity index (χ0) is 19.4. The first kappa shape index (κ1) is 18.3. The molecule has 2 aliphatic rings. The minimum atomic E-state index is -0.557. The van der Waals surface area contributed by atoms with Crippen molar-refractivity contribution in [3.05, 3.63) is 38.2 Å². The van der Waals surface area contributed by atoms with Crippen LogP contribution in [0.4, 0.5) is 4.39 Å². The molecular weight excluding hydrogens is 402 g/mol. The van der Waals surface area contributed by atoms with Gasteiger partial charge in [0.2, 0.25) is 0 Å². The molecule has 0 saturated heterocycles. The van der Waals surface area contributed by atoms with Crippen molar-refractivity contribution in [1.82, 2.24) is 19.3 Å². The normalized spacial score (nSPS) is 18.0. The minimum Gasteiger partial charge on any atom is -0.341 e. The molecule has 1 aliphatic heterocycles. The van der Waals surface area contributed by atoms with E-state index < -0.39 is 5.82 Å². The molecule has 1 aromatic carbocycles. The van der Waals surface area contributed by atoms with Crippen molar-refractivity contribution in [2.24, 2.45) is 0 Å². The van der Waals surface area contributed by atoms with Gasteiger partial charge in [-0.05, 0) is 31.7 Å². The molecule has 1 aliphatic carbocycles. The number of hydrogen-bond acceptors (Lipinski definition) is 2. The Bertz CT molecular complexity index is 1120. The van der Waals surface area contributed by atoms with Gasteiger partial charge >= 0.3 is 0 Å². The van der Waals surface area contributed by atoms with Crippen molar-refractivity contribution in [2.45, 2.75) is 64.0 Å². The van der Waals surface area contributed by atoms with Gasteiger partial charge in [-0.3, -0.25) is 9.48 Å². The molecule has 0 unspecified atom stereocenters. The zero-order valence-electron chi connectivity index (χ0n) is 15.4. The van der Waals surface area contributed by atoms with Gasteiger partial charge in [0.05, 0.1) is 21.7 Å². The molecule has 148 valence electrons. The molecule has 2 aromatic heterocycles. The second-order valence-electron chi connectivity index (χ2n) is 7.82. The molecule has 28 heavy (non-hydrogen) atoms. The van der Waals surface area contributed by atoms with Crippen molar-refractivity contribution in [3.8, 4) is 11.1 Å². The smallest absolute Gasteiger partial charge is 0.276 e. The van der Waals surface area contributed by atoms with Crippen LogP contribution in [0.2, 0.25) is 10.2 Å². The number of imidazole rings is 1. The first-order chi connectivity index (χ1) is 13.6. The number of halogens is 3. The molecule has 1 saturated carbocycles. The summed E-state index contributed by atoms with van der Waals surface area (Å²) in [5, 5.41) is 0.524. The molecular formula is C20H21Cl2FN4O. The zero-order valence-corrected chi connectivity index (χ0v) is 16.9. The van der Waals surface area contributed by atoms with E-state index in [-0.39, 0.29) is 26.9 Å². The Kier molecular flexibility index (Phi) is 4.51. The Labute approximate surface area is 171 Å². The van der Waals surface area contributed by atoms with Gasteiger partial charge in [0.1, 0.15) is 22.3 Å². The lowest BCUT2D eigenvalue weighted by Crippen LogP contribution is -2.27. The largest absolute Gasteiger partial charge is 0.341 e. The molecule has 1 fully saturated rings. The lowest BCUT2D eigenvalue weighted by Gasteiger charge is -2.19. The van der Waals surface area contributed by atoms with Crippen LogP contribution in [-0.2, 0) is 13.1 Å². The molecule has 0 amide bonds. The van der Waals surface area contributed by atoms with E-state index in [0.29, 0.717) is 30.0 Å².